The van der Waals surface area contributed by atoms with Crippen molar-refractivity contribution < 1.29 is 4.84 Å². The van der Waals surface area contributed by atoms with E-state index in [0.717, 1.165) is 11.8 Å². The third-order valence-electron chi connectivity index (χ3n) is 3.46. The third kappa shape index (κ3) is 2.96. The molecule has 0 radical (unpaired) electrons. The van der Waals surface area contributed by atoms with Crippen molar-refractivity contribution in [2.24, 2.45) is 11.8 Å². The van der Waals surface area contributed by atoms with Gasteiger partial charge in [-0.1, -0.05) is 33.1 Å². The molecule has 0 bridgehead atoms. The molecule has 2 heteroatoms. The molecule has 1 aliphatic rings. The molecule has 1 rings (SSSR count). The van der Waals surface area contributed by atoms with Crippen molar-refractivity contribution >= 4 is 0 Å². The zero-order valence-corrected chi connectivity index (χ0v) is 9.18. The Hall–Kier alpha value is -0.0800. The molecule has 0 aromatic carbocycles. The largest absolute Gasteiger partial charge is 0.305 e. The average molecular weight is 185 g/mol. The Bertz CT molecular complexity index is 136. The molecule has 0 aliphatic heterocycles. The van der Waals surface area contributed by atoms with Gasteiger partial charge in [-0.2, -0.15) is 5.48 Å². The highest BCUT2D eigenvalue weighted by molar-refractivity contribution is 4.81. The normalized spacial score (nSPS) is 31.6. The first-order valence-electron chi connectivity index (χ1n) is 5.58. The summed E-state index contributed by atoms with van der Waals surface area (Å²) >= 11 is 0. The number of nitrogens with one attached hydrogen (secondary N) is 1. The van der Waals surface area contributed by atoms with E-state index >= 15 is 0 Å². The first-order chi connectivity index (χ1) is 6.29. The zero-order chi connectivity index (χ0) is 9.68. The molecule has 1 saturated carbocycles. The van der Waals surface area contributed by atoms with Crippen LogP contribution in [0, 0.1) is 11.8 Å². The van der Waals surface area contributed by atoms with E-state index in [1.54, 1.807) is 7.11 Å². The maximum absolute atomic E-state index is 5.06. The van der Waals surface area contributed by atoms with E-state index in [-0.39, 0.29) is 0 Å². The maximum Gasteiger partial charge on any atom is 0.0572 e. The minimum Gasteiger partial charge on any atom is -0.305 e. The Morgan fingerprint density at radius 1 is 1.38 bits per heavy atom. The van der Waals surface area contributed by atoms with Crippen molar-refractivity contribution in [2.45, 2.75) is 52.0 Å². The summed E-state index contributed by atoms with van der Waals surface area (Å²) in [7, 11) is 1.72. The molecule has 3 atom stereocenters. The number of hydrogen-bond acceptors (Lipinski definition) is 2. The molecule has 0 heterocycles. The van der Waals surface area contributed by atoms with Crippen molar-refractivity contribution in [3.8, 4) is 0 Å². The van der Waals surface area contributed by atoms with Crippen LogP contribution in [0.1, 0.15) is 46.0 Å². The van der Waals surface area contributed by atoms with Gasteiger partial charge in [0.15, 0.2) is 0 Å². The van der Waals surface area contributed by atoms with Crippen LogP contribution in [0.15, 0.2) is 0 Å². The molecular formula is C11H23NO. The van der Waals surface area contributed by atoms with Gasteiger partial charge in [-0.05, 0) is 24.7 Å². The Morgan fingerprint density at radius 3 is 2.69 bits per heavy atom. The van der Waals surface area contributed by atoms with Gasteiger partial charge in [0.1, 0.15) is 0 Å². The SMILES string of the molecule is CCC(C)C1CCCC[C@@H]1NOC. The number of rotatable bonds is 4. The molecular weight excluding hydrogens is 162 g/mol. The fourth-order valence-electron chi connectivity index (χ4n) is 2.44. The molecule has 0 aromatic rings. The standard InChI is InChI=1S/C11H23NO/c1-4-9(2)10-7-5-6-8-11(10)12-13-3/h9-12H,4-8H2,1-3H3/t9?,10?,11-/m0/s1. The van der Waals surface area contributed by atoms with Crippen molar-refractivity contribution in [2.75, 3.05) is 7.11 Å². The smallest absolute Gasteiger partial charge is 0.0572 e. The van der Waals surface area contributed by atoms with Gasteiger partial charge in [-0.3, -0.25) is 0 Å². The van der Waals surface area contributed by atoms with Crippen molar-refractivity contribution in [1.82, 2.24) is 5.48 Å². The predicted molar refractivity (Wildman–Crippen MR) is 55.3 cm³/mol. The molecule has 1 fully saturated rings. The fraction of sp³-hybridized carbons (Fsp3) is 1.00. The number of hydrogen-bond donors (Lipinski definition) is 1. The van der Waals surface area contributed by atoms with E-state index in [1.807, 2.05) is 0 Å². The van der Waals surface area contributed by atoms with Crippen LogP contribution in [-0.4, -0.2) is 13.2 Å². The van der Waals surface area contributed by atoms with Crippen LogP contribution < -0.4 is 5.48 Å². The summed E-state index contributed by atoms with van der Waals surface area (Å²) < 4.78 is 0. The van der Waals surface area contributed by atoms with E-state index in [1.165, 1.54) is 32.1 Å². The highest BCUT2D eigenvalue weighted by Gasteiger charge is 2.28. The Balaban J connectivity index is 2.45. The van der Waals surface area contributed by atoms with Crippen LogP contribution in [0.2, 0.25) is 0 Å². The second kappa shape index (κ2) is 5.61. The molecule has 0 saturated heterocycles. The highest BCUT2D eigenvalue weighted by atomic mass is 16.6. The molecule has 2 unspecified atom stereocenters. The fourth-order valence-corrected chi connectivity index (χ4v) is 2.44. The topological polar surface area (TPSA) is 21.3 Å². The lowest BCUT2D eigenvalue weighted by Crippen LogP contribution is -2.40. The summed E-state index contributed by atoms with van der Waals surface area (Å²) in [5, 5.41) is 0. The summed E-state index contributed by atoms with van der Waals surface area (Å²) in [4.78, 5) is 5.06. The van der Waals surface area contributed by atoms with E-state index < -0.39 is 0 Å². The van der Waals surface area contributed by atoms with Crippen molar-refractivity contribution in [3.63, 3.8) is 0 Å². The van der Waals surface area contributed by atoms with Gasteiger partial charge in [0.25, 0.3) is 0 Å². The lowest BCUT2D eigenvalue weighted by Gasteiger charge is -2.35. The van der Waals surface area contributed by atoms with Crippen LogP contribution in [0.25, 0.3) is 0 Å². The average Bonchev–Trinajstić information content (AvgIpc) is 2.18. The van der Waals surface area contributed by atoms with Crippen LogP contribution in [-0.2, 0) is 4.84 Å². The summed E-state index contributed by atoms with van der Waals surface area (Å²) in [6.07, 6.45) is 6.69. The van der Waals surface area contributed by atoms with Crippen LogP contribution in [0.3, 0.4) is 0 Å². The van der Waals surface area contributed by atoms with Gasteiger partial charge in [0, 0.05) is 6.04 Å². The first kappa shape index (κ1) is 11.0. The predicted octanol–water partition coefficient (Wildman–Crippen LogP) is 2.74. The summed E-state index contributed by atoms with van der Waals surface area (Å²) in [5.41, 5.74) is 3.15. The van der Waals surface area contributed by atoms with Crippen molar-refractivity contribution in [1.29, 1.82) is 0 Å². The van der Waals surface area contributed by atoms with Gasteiger partial charge in [0.2, 0.25) is 0 Å². The van der Waals surface area contributed by atoms with E-state index in [9.17, 15) is 0 Å². The summed E-state index contributed by atoms with van der Waals surface area (Å²) in [6, 6.07) is 0.591. The minimum atomic E-state index is 0.591. The second-order valence-corrected chi connectivity index (χ2v) is 4.26. The summed E-state index contributed by atoms with van der Waals surface area (Å²) in [6.45, 7) is 4.64. The van der Waals surface area contributed by atoms with Crippen molar-refractivity contribution in [3.05, 3.63) is 0 Å². The highest BCUT2D eigenvalue weighted by Crippen LogP contribution is 2.31. The second-order valence-electron chi connectivity index (χ2n) is 4.26. The number of hydroxylamine groups is 1. The molecule has 1 aliphatic carbocycles. The minimum absolute atomic E-state index is 0.591. The van der Waals surface area contributed by atoms with Crippen LogP contribution >= 0.6 is 0 Å². The first-order valence-corrected chi connectivity index (χ1v) is 5.58. The molecule has 13 heavy (non-hydrogen) atoms. The lowest BCUT2D eigenvalue weighted by molar-refractivity contribution is 0.0149. The molecule has 78 valence electrons. The van der Waals surface area contributed by atoms with Crippen LogP contribution in [0.4, 0.5) is 0 Å². The van der Waals surface area contributed by atoms with E-state index in [2.05, 4.69) is 19.3 Å². The molecule has 0 aromatic heterocycles. The van der Waals surface area contributed by atoms with Gasteiger partial charge in [-0.15, -0.1) is 0 Å². The molecule has 2 nitrogen and oxygen atoms in total. The Kier molecular flexibility index (Phi) is 4.74. The zero-order valence-electron chi connectivity index (χ0n) is 9.18. The van der Waals surface area contributed by atoms with Gasteiger partial charge in [0.05, 0.1) is 7.11 Å². The van der Waals surface area contributed by atoms with E-state index in [0.29, 0.717) is 6.04 Å². The molecule has 0 spiro atoms. The quantitative estimate of drug-likeness (QED) is 0.680. The van der Waals surface area contributed by atoms with Crippen LogP contribution in [0.5, 0.6) is 0 Å². The summed E-state index contributed by atoms with van der Waals surface area (Å²) in [5.74, 6) is 1.65. The van der Waals surface area contributed by atoms with E-state index in [4.69, 9.17) is 4.84 Å². The van der Waals surface area contributed by atoms with Gasteiger partial charge in [-0.25, -0.2) is 0 Å². The Morgan fingerprint density at radius 2 is 2.08 bits per heavy atom. The lowest BCUT2D eigenvalue weighted by atomic mass is 9.76. The maximum atomic E-state index is 5.06. The Labute approximate surface area is 82.0 Å². The van der Waals surface area contributed by atoms with Gasteiger partial charge >= 0.3 is 0 Å². The monoisotopic (exact) mass is 185 g/mol. The molecule has 0 amide bonds. The third-order valence-corrected chi connectivity index (χ3v) is 3.46. The molecule has 1 N–H and O–H groups in total. The van der Waals surface area contributed by atoms with Gasteiger partial charge < -0.3 is 4.84 Å².